The first-order valence-corrected chi connectivity index (χ1v) is 12.3. The molecular weight excluding hydrogens is 468 g/mol. The maximum atomic E-state index is 12.7. The minimum Gasteiger partial charge on any atom is -0.493 e. The second-order valence-electron chi connectivity index (χ2n) is 10.1. The number of rotatable bonds is 7. The number of nitrogens with zero attached hydrogens (tertiary/aromatic N) is 1. The van der Waals surface area contributed by atoms with E-state index in [1.165, 1.54) is 11.1 Å². The minimum atomic E-state index is -1.82. The fourth-order valence-corrected chi connectivity index (χ4v) is 4.88. The van der Waals surface area contributed by atoms with Crippen LogP contribution in [0, 0.1) is 17.8 Å². The lowest BCUT2D eigenvalue weighted by atomic mass is 9.79. The number of hydrogen-bond donors (Lipinski definition) is 3. The van der Waals surface area contributed by atoms with Crippen LogP contribution in [0.4, 0.5) is 0 Å². The number of esters is 1. The van der Waals surface area contributed by atoms with E-state index in [0.717, 1.165) is 43.9 Å². The highest BCUT2D eigenvalue weighted by Gasteiger charge is 2.41. The Morgan fingerprint density at radius 3 is 2.14 bits per heavy atom. The van der Waals surface area contributed by atoms with Crippen molar-refractivity contribution in [2.75, 3.05) is 27.3 Å². The minimum absolute atomic E-state index is 0.0632. The van der Waals surface area contributed by atoms with Crippen LogP contribution in [-0.4, -0.2) is 72.5 Å². The van der Waals surface area contributed by atoms with Crippen molar-refractivity contribution in [1.29, 1.82) is 0 Å². The molecule has 0 spiro atoms. The second-order valence-corrected chi connectivity index (χ2v) is 10.1. The van der Waals surface area contributed by atoms with Gasteiger partial charge in [-0.1, -0.05) is 27.7 Å². The smallest absolute Gasteiger partial charge is 0.414 e. The van der Waals surface area contributed by atoms with E-state index in [1.54, 1.807) is 14.2 Å². The number of nitrogens with two attached hydrogens (primary N) is 1. The molecule has 10 nitrogen and oxygen atoms in total. The number of hydrogen-bond acceptors (Lipinski definition) is 8. The SMILES string of the molecule is COc1cc2c(cc1OC)[C@H]1C[C@@H](OC(=O)[C@@H](N)C(C)C)[C@H](CC(C)C)CN1CC2.O=C(O)C(=O)O. The van der Waals surface area contributed by atoms with Gasteiger partial charge in [-0.3, -0.25) is 9.69 Å². The molecular formula is C26H40N2O8. The number of carboxylic acids is 2. The summed E-state index contributed by atoms with van der Waals surface area (Å²) in [5.41, 5.74) is 8.64. The van der Waals surface area contributed by atoms with Gasteiger partial charge in [0.25, 0.3) is 0 Å². The highest BCUT2D eigenvalue weighted by atomic mass is 16.5. The summed E-state index contributed by atoms with van der Waals surface area (Å²) in [6.07, 6.45) is 2.70. The number of ether oxygens (including phenoxy) is 3. The lowest BCUT2D eigenvalue weighted by Gasteiger charge is -2.47. The fourth-order valence-electron chi connectivity index (χ4n) is 4.88. The summed E-state index contributed by atoms with van der Waals surface area (Å²) in [6, 6.07) is 3.84. The predicted molar refractivity (Wildman–Crippen MR) is 133 cm³/mol. The Morgan fingerprint density at radius 2 is 1.64 bits per heavy atom. The molecule has 202 valence electrons. The third-order valence-electron chi connectivity index (χ3n) is 6.78. The van der Waals surface area contributed by atoms with E-state index in [0.29, 0.717) is 11.8 Å². The number of benzene rings is 1. The lowest BCUT2D eigenvalue weighted by Crippen LogP contribution is -2.51. The molecule has 1 saturated heterocycles. The first kappa shape index (κ1) is 29.4. The first-order valence-electron chi connectivity index (χ1n) is 12.3. The van der Waals surface area contributed by atoms with E-state index in [4.69, 9.17) is 39.7 Å². The van der Waals surface area contributed by atoms with Crippen LogP contribution in [0.15, 0.2) is 12.1 Å². The molecule has 3 rings (SSSR count). The van der Waals surface area contributed by atoms with Crippen LogP contribution in [0.5, 0.6) is 11.5 Å². The van der Waals surface area contributed by atoms with Gasteiger partial charge in [0.2, 0.25) is 0 Å². The third kappa shape index (κ3) is 7.33. The molecule has 0 radical (unpaired) electrons. The van der Waals surface area contributed by atoms with Gasteiger partial charge in [-0.15, -0.1) is 0 Å². The number of carbonyl (C=O) groups is 3. The molecule has 0 unspecified atom stereocenters. The van der Waals surface area contributed by atoms with Crippen LogP contribution in [0.2, 0.25) is 0 Å². The molecule has 0 saturated carbocycles. The maximum absolute atomic E-state index is 12.7. The van der Waals surface area contributed by atoms with Crippen molar-refractivity contribution in [3.05, 3.63) is 23.3 Å². The van der Waals surface area contributed by atoms with Crippen LogP contribution < -0.4 is 15.2 Å². The van der Waals surface area contributed by atoms with Crippen LogP contribution in [0.25, 0.3) is 0 Å². The van der Waals surface area contributed by atoms with E-state index in [1.807, 2.05) is 13.8 Å². The zero-order valence-electron chi connectivity index (χ0n) is 22.0. The molecule has 2 aliphatic rings. The van der Waals surface area contributed by atoms with Crippen molar-refractivity contribution < 1.29 is 38.8 Å². The van der Waals surface area contributed by atoms with Gasteiger partial charge < -0.3 is 30.2 Å². The van der Waals surface area contributed by atoms with Gasteiger partial charge in [0.1, 0.15) is 12.1 Å². The molecule has 2 aliphatic heterocycles. The van der Waals surface area contributed by atoms with Gasteiger partial charge in [0.05, 0.1) is 14.2 Å². The van der Waals surface area contributed by atoms with Gasteiger partial charge in [0.15, 0.2) is 11.5 Å². The molecule has 0 aliphatic carbocycles. The summed E-state index contributed by atoms with van der Waals surface area (Å²) in [5.74, 6) is -1.47. The number of aliphatic carboxylic acids is 2. The van der Waals surface area contributed by atoms with Crippen LogP contribution in [0.1, 0.15) is 57.7 Å². The molecule has 36 heavy (non-hydrogen) atoms. The standard InChI is InChI=1S/C24H38N2O4.C2H2O4/c1-14(2)9-17-13-26-8-7-16-10-21(28-5)22(29-6)11-18(16)19(26)12-20(17)30-24(27)23(25)15(3)4;3-1(4)2(5)6/h10-11,14-15,17,19-20,23H,7-9,12-13,25H2,1-6H3;(H,3,4)(H,5,6)/t17-,19-,20-,23+;/m1./s1. The van der Waals surface area contributed by atoms with Gasteiger partial charge in [-0.25, -0.2) is 9.59 Å². The average Bonchev–Trinajstić information content (AvgIpc) is 2.82. The normalized spacial score (nSPS) is 22.0. The zero-order valence-corrected chi connectivity index (χ0v) is 22.0. The number of methoxy groups -OCH3 is 2. The second kappa shape index (κ2) is 12.9. The Balaban J connectivity index is 0.000000678. The van der Waals surface area contributed by atoms with Crippen molar-refractivity contribution in [3.63, 3.8) is 0 Å². The third-order valence-corrected chi connectivity index (χ3v) is 6.78. The predicted octanol–water partition coefficient (Wildman–Crippen LogP) is 2.72. The van der Waals surface area contributed by atoms with Crippen molar-refractivity contribution in [2.45, 2.75) is 65.1 Å². The molecule has 0 aromatic heterocycles. The number of piperidine rings is 1. The van der Waals surface area contributed by atoms with Gasteiger partial charge in [0, 0.05) is 31.5 Å². The Kier molecular flexibility index (Phi) is 10.5. The van der Waals surface area contributed by atoms with Crippen molar-refractivity contribution >= 4 is 17.9 Å². The molecule has 4 atom stereocenters. The van der Waals surface area contributed by atoms with E-state index in [-0.39, 0.29) is 24.0 Å². The highest BCUT2D eigenvalue weighted by molar-refractivity contribution is 6.27. The topological polar surface area (TPSA) is 149 Å². The number of fused-ring (bicyclic) bond motifs is 3. The largest absolute Gasteiger partial charge is 0.493 e. The van der Waals surface area contributed by atoms with E-state index in [9.17, 15) is 4.79 Å². The van der Waals surface area contributed by atoms with Gasteiger partial charge in [-0.05, 0) is 47.9 Å². The molecule has 1 fully saturated rings. The summed E-state index contributed by atoms with van der Waals surface area (Å²) >= 11 is 0. The molecule has 2 heterocycles. The Morgan fingerprint density at radius 1 is 1.06 bits per heavy atom. The lowest BCUT2D eigenvalue weighted by molar-refractivity contribution is -0.160. The first-order chi connectivity index (χ1) is 16.9. The van der Waals surface area contributed by atoms with Crippen LogP contribution >= 0.6 is 0 Å². The van der Waals surface area contributed by atoms with Crippen LogP contribution in [-0.2, 0) is 25.5 Å². The van der Waals surface area contributed by atoms with Crippen molar-refractivity contribution in [1.82, 2.24) is 4.90 Å². The zero-order chi connectivity index (χ0) is 27.2. The summed E-state index contributed by atoms with van der Waals surface area (Å²) in [5, 5.41) is 14.8. The number of carbonyl (C=O) groups excluding carboxylic acids is 1. The highest BCUT2D eigenvalue weighted by Crippen LogP contribution is 2.44. The molecule has 10 heteroatoms. The summed E-state index contributed by atoms with van der Waals surface area (Å²) in [7, 11) is 3.34. The quantitative estimate of drug-likeness (QED) is 0.371. The molecule has 1 aromatic rings. The Bertz CT molecular complexity index is 921. The monoisotopic (exact) mass is 508 g/mol. The van der Waals surface area contributed by atoms with Crippen molar-refractivity contribution in [3.8, 4) is 11.5 Å². The summed E-state index contributed by atoms with van der Waals surface area (Å²) < 4.78 is 17.1. The van der Waals surface area contributed by atoms with Gasteiger partial charge in [-0.2, -0.15) is 0 Å². The van der Waals surface area contributed by atoms with Gasteiger partial charge >= 0.3 is 17.9 Å². The average molecular weight is 509 g/mol. The van der Waals surface area contributed by atoms with Crippen LogP contribution in [0.3, 0.4) is 0 Å². The van der Waals surface area contributed by atoms with E-state index >= 15 is 0 Å². The molecule has 0 amide bonds. The van der Waals surface area contributed by atoms with E-state index in [2.05, 4.69) is 30.9 Å². The number of carboxylic acid groups (broad SMARTS) is 2. The van der Waals surface area contributed by atoms with E-state index < -0.39 is 18.0 Å². The molecule has 4 N–H and O–H groups in total. The maximum Gasteiger partial charge on any atom is 0.414 e. The summed E-state index contributed by atoms with van der Waals surface area (Å²) in [6.45, 7) is 10.3. The summed E-state index contributed by atoms with van der Waals surface area (Å²) in [4.78, 5) is 33.4. The van der Waals surface area contributed by atoms with Crippen molar-refractivity contribution in [2.24, 2.45) is 23.5 Å². The Labute approximate surface area is 212 Å². The molecule has 0 bridgehead atoms. The Hall–Kier alpha value is -2.85. The molecule has 1 aromatic carbocycles. The fraction of sp³-hybridized carbons (Fsp3) is 0.654.